The van der Waals surface area contributed by atoms with Crippen LogP contribution in [0.1, 0.15) is 21.5 Å². The molecule has 0 atom stereocenters. The SMILES string of the molecule is Cc1ccccc1NS(=O)(=O)c1cccc(C(=O)NN=Cc2cn(-c3ccccc3)nc2-c2ccc(OC(F)F)cc2)c1. The van der Waals surface area contributed by atoms with Gasteiger partial charge in [-0.2, -0.15) is 19.0 Å². The van der Waals surface area contributed by atoms with Gasteiger partial charge in [-0.05, 0) is 73.2 Å². The number of hydrogen-bond donors (Lipinski definition) is 2. The molecule has 1 aromatic heterocycles. The maximum atomic E-state index is 13.0. The van der Waals surface area contributed by atoms with Gasteiger partial charge in [-0.1, -0.05) is 42.5 Å². The first-order valence-electron chi connectivity index (χ1n) is 12.9. The number of carbonyl (C=O) groups is 1. The fourth-order valence-electron chi connectivity index (χ4n) is 4.13. The average molecular weight is 602 g/mol. The zero-order valence-electron chi connectivity index (χ0n) is 22.7. The van der Waals surface area contributed by atoms with Gasteiger partial charge in [0, 0.05) is 22.9 Å². The maximum Gasteiger partial charge on any atom is 0.387 e. The fourth-order valence-corrected chi connectivity index (χ4v) is 5.31. The molecule has 218 valence electrons. The number of alkyl halides is 2. The van der Waals surface area contributed by atoms with Gasteiger partial charge in [0.05, 0.1) is 22.5 Å². The minimum atomic E-state index is -3.96. The number of hydrazone groups is 1. The van der Waals surface area contributed by atoms with Crippen molar-refractivity contribution >= 4 is 27.8 Å². The van der Waals surface area contributed by atoms with Gasteiger partial charge in [-0.15, -0.1) is 0 Å². The highest BCUT2D eigenvalue weighted by Crippen LogP contribution is 2.26. The van der Waals surface area contributed by atoms with Crippen LogP contribution in [0.25, 0.3) is 16.9 Å². The van der Waals surface area contributed by atoms with Crippen molar-refractivity contribution in [2.24, 2.45) is 5.10 Å². The third kappa shape index (κ3) is 7.11. The lowest BCUT2D eigenvalue weighted by molar-refractivity contribution is -0.0498. The van der Waals surface area contributed by atoms with Crippen molar-refractivity contribution in [1.82, 2.24) is 15.2 Å². The van der Waals surface area contributed by atoms with Crippen molar-refractivity contribution in [2.45, 2.75) is 18.4 Å². The Morgan fingerprint density at radius 1 is 0.953 bits per heavy atom. The van der Waals surface area contributed by atoms with Crippen molar-refractivity contribution in [3.63, 3.8) is 0 Å². The van der Waals surface area contributed by atoms with E-state index >= 15 is 0 Å². The summed E-state index contributed by atoms with van der Waals surface area (Å²) >= 11 is 0. The molecule has 0 aliphatic carbocycles. The number of para-hydroxylation sites is 2. The summed E-state index contributed by atoms with van der Waals surface area (Å²) in [6, 6.07) is 27.8. The summed E-state index contributed by atoms with van der Waals surface area (Å²) in [6.07, 6.45) is 3.10. The van der Waals surface area contributed by atoms with E-state index in [1.807, 2.05) is 30.3 Å². The molecule has 5 aromatic rings. The summed E-state index contributed by atoms with van der Waals surface area (Å²) < 4.78 is 59.7. The number of nitrogens with one attached hydrogen (secondary N) is 2. The van der Waals surface area contributed by atoms with Gasteiger partial charge in [0.2, 0.25) is 0 Å². The Morgan fingerprint density at radius 2 is 1.67 bits per heavy atom. The van der Waals surface area contributed by atoms with Crippen LogP contribution in [-0.4, -0.2) is 36.9 Å². The van der Waals surface area contributed by atoms with E-state index in [4.69, 9.17) is 0 Å². The first kappa shape index (κ1) is 29.1. The van der Waals surface area contributed by atoms with Crippen LogP contribution in [0.2, 0.25) is 0 Å². The summed E-state index contributed by atoms with van der Waals surface area (Å²) in [5.41, 5.74) is 6.05. The molecule has 9 nitrogen and oxygen atoms in total. The molecule has 4 aromatic carbocycles. The molecule has 1 heterocycles. The Labute approximate surface area is 246 Å². The van der Waals surface area contributed by atoms with E-state index in [1.54, 1.807) is 54.2 Å². The van der Waals surface area contributed by atoms with Crippen LogP contribution in [0.3, 0.4) is 0 Å². The van der Waals surface area contributed by atoms with Crippen molar-refractivity contribution in [1.29, 1.82) is 0 Å². The minimum Gasteiger partial charge on any atom is -0.435 e. The summed E-state index contributed by atoms with van der Waals surface area (Å²) in [6.45, 7) is -1.16. The zero-order valence-corrected chi connectivity index (χ0v) is 23.5. The number of aryl methyl sites for hydroxylation is 1. The van der Waals surface area contributed by atoms with Gasteiger partial charge in [-0.25, -0.2) is 18.5 Å². The molecular formula is C31H25F2N5O4S. The molecule has 1 amide bonds. The van der Waals surface area contributed by atoms with Gasteiger partial charge < -0.3 is 4.74 Å². The summed E-state index contributed by atoms with van der Waals surface area (Å²) in [5.74, 6) is -0.628. The van der Waals surface area contributed by atoms with Crippen molar-refractivity contribution in [3.05, 3.63) is 126 Å². The van der Waals surface area contributed by atoms with E-state index < -0.39 is 22.5 Å². The number of ether oxygens (including phenoxy) is 1. The molecule has 5 rings (SSSR count). The predicted octanol–water partition coefficient (Wildman–Crippen LogP) is 6.01. The molecule has 0 saturated heterocycles. The topological polar surface area (TPSA) is 115 Å². The zero-order chi connectivity index (χ0) is 30.4. The largest absolute Gasteiger partial charge is 0.435 e. The number of sulfonamides is 1. The monoisotopic (exact) mass is 601 g/mol. The van der Waals surface area contributed by atoms with Crippen LogP contribution >= 0.6 is 0 Å². The molecule has 43 heavy (non-hydrogen) atoms. The Hall–Kier alpha value is -5.36. The average Bonchev–Trinajstić information content (AvgIpc) is 3.43. The van der Waals surface area contributed by atoms with Gasteiger partial charge in [0.25, 0.3) is 15.9 Å². The number of hydrogen-bond acceptors (Lipinski definition) is 6. The second-order valence-electron chi connectivity index (χ2n) is 9.26. The number of rotatable bonds is 10. The third-order valence-corrected chi connectivity index (χ3v) is 7.65. The van der Waals surface area contributed by atoms with Crippen LogP contribution in [0.15, 0.2) is 119 Å². The van der Waals surface area contributed by atoms with E-state index in [2.05, 4.69) is 25.1 Å². The summed E-state index contributed by atoms with van der Waals surface area (Å²) in [4.78, 5) is 12.8. The van der Waals surface area contributed by atoms with Gasteiger partial charge in [0.1, 0.15) is 11.4 Å². The van der Waals surface area contributed by atoms with Crippen LogP contribution in [0.5, 0.6) is 5.75 Å². The highest BCUT2D eigenvalue weighted by atomic mass is 32.2. The van der Waals surface area contributed by atoms with Crippen molar-refractivity contribution in [2.75, 3.05) is 4.72 Å². The Balaban J connectivity index is 1.37. The summed E-state index contributed by atoms with van der Waals surface area (Å²) in [7, 11) is -3.96. The van der Waals surface area contributed by atoms with Gasteiger partial charge >= 0.3 is 6.61 Å². The molecule has 0 fully saturated rings. The number of halogens is 2. The molecule has 0 spiro atoms. The van der Waals surface area contributed by atoms with E-state index in [0.717, 1.165) is 11.3 Å². The Bertz CT molecular complexity index is 1880. The van der Waals surface area contributed by atoms with Crippen molar-refractivity contribution < 1.29 is 26.7 Å². The standard InChI is InChI=1S/C31H25F2N5O4S/c1-21-8-5-6-13-28(21)37-43(40,41)27-12-7-9-23(18-27)30(39)35-34-19-24-20-38(25-10-3-2-4-11-25)36-29(24)22-14-16-26(17-15-22)42-31(32)33/h2-20,31,37H,1H3,(H,35,39). The molecule has 0 bridgehead atoms. The number of nitrogens with zero attached hydrogens (tertiary/aromatic N) is 3. The normalized spacial score (nSPS) is 11.5. The molecule has 12 heteroatoms. The number of amides is 1. The highest BCUT2D eigenvalue weighted by molar-refractivity contribution is 7.92. The number of carbonyl (C=O) groups excluding carboxylic acids is 1. The van der Waals surface area contributed by atoms with Crippen LogP contribution in [-0.2, 0) is 10.0 Å². The predicted molar refractivity (Wildman–Crippen MR) is 159 cm³/mol. The van der Waals surface area contributed by atoms with E-state index in [-0.39, 0.29) is 16.2 Å². The lowest BCUT2D eigenvalue weighted by Crippen LogP contribution is -2.19. The molecule has 0 aliphatic rings. The van der Waals surface area contributed by atoms with Crippen LogP contribution in [0, 0.1) is 6.92 Å². The first-order valence-corrected chi connectivity index (χ1v) is 14.4. The number of benzene rings is 4. The quantitative estimate of drug-likeness (QED) is 0.150. The van der Waals surface area contributed by atoms with E-state index in [1.165, 1.54) is 42.6 Å². The molecule has 2 N–H and O–H groups in total. The first-order chi connectivity index (χ1) is 20.7. The fraction of sp³-hybridized carbons (Fsp3) is 0.0645. The number of anilines is 1. The third-order valence-electron chi connectivity index (χ3n) is 6.28. The maximum absolute atomic E-state index is 13.0. The second-order valence-corrected chi connectivity index (χ2v) is 10.9. The molecule has 0 aliphatic heterocycles. The summed E-state index contributed by atoms with van der Waals surface area (Å²) in [5, 5.41) is 8.70. The number of aromatic nitrogens is 2. The smallest absolute Gasteiger partial charge is 0.387 e. The molecule has 0 radical (unpaired) electrons. The van der Waals surface area contributed by atoms with Gasteiger partial charge in [0.15, 0.2) is 0 Å². The Kier molecular flexibility index (Phi) is 8.58. The van der Waals surface area contributed by atoms with Gasteiger partial charge in [-0.3, -0.25) is 9.52 Å². The van der Waals surface area contributed by atoms with Crippen molar-refractivity contribution in [3.8, 4) is 22.7 Å². The molecule has 0 saturated carbocycles. The highest BCUT2D eigenvalue weighted by Gasteiger charge is 2.18. The molecule has 0 unspecified atom stereocenters. The van der Waals surface area contributed by atoms with Crippen LogP contribution in [0.4, 0.5) is 14.5 Å². The lowest BCUT2D eigenvalue weighted by atomic mass is 10.1. The molecular weight excluding hydrogens is 576 g/mol. The second kappa shape index (κ2) is 12.7. The van der Waals surface area contributed by atoms with E-state index in [0.29, 0.717) is 22.5 Å². The van der Waals surface area contributed by atoms with Crippen LogP contribution < -0.4 is 14.9 Å². The lowest BCUT2D eigenvalue weighted by Gasteiger charge is -2.11. The Morgan fingerprint density at radius 3 is 2.40 bits per heavy atom. The van der Waals surface area contributed by atoms with E-state index in [9.17, 15) is 22.0 Å². The minimum absolute atomic E-state index is 0.00192.